The van der Waals surface area contributed by atoms with Gasteiger partial charge in [-0.15, -0.1) is 0 Å². The molecule has 0 aliphatic carbocycles. The molecule has 0 radical (unpaired) electrons. The molecule has 2 aromatic carbocycles. The summed E-state index contributed by atoms with van der Waals surface area (Å²) in [6.07, 6.45) is 2.05. The number of carbonyl (C=O) groups is 1. The van der Waals surface area contributed by atoms with Gasteiger partial charge in [0.1, 0.15) is 0 Å². The predicted octanol–water partition coefficient (Wildman–Crippen LogP) is 5.31. The van der Waals surface area contributed by atoms with Gasteiger partial charge in [-0.25, -0.2) is 0 Å². The third-order valence-electron chi connectivity index (χ3n) is 3.23. The van der Waals surface area contributed by atoms with E-state index >= 15 is 0 Å². The normalized spacial score (nSPS) is 10.9. The number of H-pyrrole nitrogens is 1. The molecule has 0 aliphatic rings. The lowest BCUT2D eigenvalue weighted by Crippen LogP contribution is -2.14. The summed E-state index contributed by atoms with van der Waals surface area (Å²) in [5, 5.41) is 5.37. The predicted molar refractivity (Wildman–Crippen MR) is 92.1 cm³/mol. The van der Waals surface area contributed by atoms with Crippen LogP contribution >= 0.6 is 34.8 Å². The van der Waals surface area contributed by atoms with Gasteiger partial charge >= 0.3 is 0 Å². The van der Waals surface area contributed by atoms with E-state index < -0.39 is 0 Å². The quantitative estimate of drug-likeness (QED) is 0.658. The van der Waals surface area contributed by atoms with Gasteiger partial charge in [0.15, 0.2) is 0 Å². The summed E-state index contributed by atoms with van der Waals surface area (Å²) >= 11 is 17.8. The summed E-state index contributed by atoms with van der Waals surface area (Å²) in [5.74, 6) is -0.144. The number of aromatic nitrogens is 1. The molecule has 0 atom stereocenters. The second-order valence-electron chi connectivity index (χ2n) is 4.89. The van der Waals surface area contributed by atoms with Crippen molar-refractivity contribution < 1.29 is 4.79 Å². The summed E-state index contributed by atoms with van der Waals surface area (Å²) in [7, 11) is 0. The van der Waals surface area contributed by atoms with Gasteiger partial charge in [0.2, 0.25) is 5.91 Å². The Hall–Kier alpha value is -1.68. The maximum absolute atomic E-state index is 12.2. The minimum Gasteiger partial charge on any atom is -0.361 e. The molecule has 2 N–H and O–H groups in total. The Morgan fingerprint density at radius 3 is 2.45 bits per heavy atom. The van der Waals surface area contributed by atoms with Gasteiger partial charge in [-0.1, -0.05) is 40.9 Å². The minimum atomic E-state index is -0.144. The molecule has 3 aromatic rings. The largest absolute Gasteiger partial charge is 0.361 e. The molecule has 112 valence electrons. The van der Waals surface area contributed by atoms with Crippen LogP contribution in [0.25, 0.3) is 10.9 Å². The van der Waals surface area contributed by atoms with E-state index in [1.807, 2.05) is 18.3 Å². The summed E-state index contributed by atoms with van der Waals surface area (Å²) in [5.41, 5.74) is 2.38. The van der Waals surface area contributed by atoms with Crippen molar-refractivity contribution in [1.82, 2.24) is 4.98 Å². The number of hydrogen-bond acceptors (Lipinski definition) is 1. The van der Waals surface area contributed by atoms with E-state index in [0.717, 1.165) is 16.5 Å². The smallest absolute Gasteiger partial charge is 0.228 e. The molecule has 0 unspecified atom stereocenters. The van der Waals surface area contributed by atoms with E-state index in [9.17, 15) is 4.79 Å². The molecule has 6 heteroatoms. The van der Waals surface area contributed by atoms with Gasteiger partial charge in [-0.3, -0.25) is 4.79 Å². The van der Waals surface area contributed by atoms with Gasteiger partial charge in [0.25, 0.3) is 0 Å². The zero-order valence-corrected chi connectivity index (χ0v) is 13.6. The average molecular weight is 354 g/mol. The van der Waals surface area contributed by atoms with Crippen LogP contribution in [0.15, 0.2) is 42.6 Å². The maximum Gasteiger partial charge on any atom is 0.228 e. The van der Waals surface area contributed by atoms with Gasteiger partial charge in [-0.05, 0) is 35.9 Å². The molecular formula is C16H11Cl3N2O. The number of benzene rings is 2. The van der Waals surface area contributed by atoms with Gasteiger partial charge < -0.3 is 10.3 Å². The molecule has 1 amide bonds. The van der Waals surface area contributed by atoms with Crippen molar-refractivity contribution in [1.29, 1.82) is 0 Å². The van der Waals surface area contributed by atoms with Crippen LogP contribution in [0.3, 0.4) is 0 Å². The van der Waals surface area contributed by atoms with Gasteiger partial charge in [-0.2, -0.15) is 0 Å². The molecule has 0 spiro atoms. The highest BCUT2D eigenvalue weighted by molar-refractivity contribution is 6.35. The maximum atomic E-state index is 12.2. The Labute approximate surface area is 142 Å². The van der Waals surface area contributed by atoms with Crippen LogP contribution in [0.1, 0.15) is 5.56 Å². The molecule has 1 aromatic heterocycles. The van der Waals surface area contributed by atoms with E-state index in [-0.39, 0.29) is 12.3 Å². The molecule has 0 saturated heterocycles. The summed E-state index contributed by atoms with van der Waals surface area (Å²) < 4.78 is 0. The first-order valence-electron chi connectivity index (χ1n) is 6.53. The molecular weight excluding hydrogens is 343 g/mol. The number of rotatable bonds is 3. The Balaban J connectivity index is 1.78. The van der Waals surface area contributed by atoms with Crippen LogP contribution in [-0.2, 0) is 11.2 Å². The molecule has 0 aliphatic heterocycles. The highest BCUT2D eigenvalue weighted by atomic mass is 35.5. The fraction of sp³-hybridized carbons (Fsp3) is 0.0625. The Bertz CT molecular complexity index is 837. The SMILES string of the molecule is O=C(Cc1c[nH]c2cc(Cl)ccc12)Nc1cc(Cl)cc(Cl)c1. The topological polar surface area (TPSA) is 44.9 Å². The number of aromatic amines is 1. The van der Waals surface area contributed by atoms with E-state index in [0.29, 0.717) is 20.8 Å². The highest BCUT2D eigenvalue weighted by Gasteiger charge is 2.10. The van der Waals surface area contributed by atoms with Crippen LogP contribution in [-0.4, -0.2) is 10.9 Å². The molecule has 1 heterocycles. The van der Waals surface area contributed by atoms with E-state index in [4.69, 9.17) is 34.8 Å². The van der Waals surface area contributed by atoms with Crippen LogP contribution in [0.4, 0.5) is 5.69 Å². The average Bonchev–Trinajstić information content (AvgIpc) is 2.79. The molecule has 0 fully saturated rings. The standard InChI is InChI=1S/C16H11Cl3N2O/c17-10-1-2-14-9(8-20-15(14)7-10)3-16(22)21-13-5-11(18)4-12(19)6-13/h1-2,4-8,20H,3H2,(H,21,22). The monoisotopic (exact) mass is 352 g/mol. The fourth-order valence-corrected chi connectivity index (χ4v) is 3.01. The van der Waals surface area contributed by atoms with Crippen molar-refractivity contribution in [2.75, 3.05) is 5.32 Å². The summed E-state index contributed by atoms with van der Waals surface area (Å²) in [6.45, 7) is 0. The van der Waals surface area contributed by atoms with Crippen molar-refractivity contribution in [3.05, 3.63) is 63.2 Å². The lowest BCUT2D eigenvalue weighted by molar-refractivity contribution is -0.115. The number of nitrogens with one attached hydrogen (secondary N) is 2. The van der Waals surface area contributed by atoms with Crippen molar-refractivity contribution in [3.8, 4) is 0 Å². The molecule has 0 saturated carbocycles. The van der Waals surface area contributed by atoms with Crippen LogP contribution in [0.5, 0.6) is 0 Å². The van der Waals surface area contributed by atoms with Crippen molar-refractivity contribution in [3.63, 3.8) is 0 Å². The highest BCUT2D eigenvalue weighted by Crippen LogP contribution is 2.24. The molecule has 0 bridgehead atoms. The van der Waals surface area contributed by atoms with E-state index in [1.165, 1.54) is 0 Å². The number of fused-ring (bicyclic) bond motifs is 1. The lowest BCUT2D eigenvalue weighted by Gasteiger charge is -2.06. The Morgan fingerprint density at radius 1 is 1.00 bits per heavy atom. The zero-order valence-electron chi connectivity index (χ0n) is 11.3. The molecule has 3 nitrogen and oxygen atoms in total. The minimum absolute atomic E-state index is 0.144. The first-order chi connectivity index (χ1) is 10.5. The van der Waals surface area contributed by atoms with Crippen molar-refractivity contribution in [2.24, 2.45) is 0 Å². The van der Waals surface area contributed by atoms with Gasteiger partial charge in [0.05, 0.1) is 6.42 Å². The summed E-state index contributed by atoms with van der Waals surface area (Å²) in [6, 6.07) is 10.4. The number of hydrogen-bond donors (Lipinski definition) is 2. The third-order valence-corrected chi connectivity index (χ3v) is 3.90. The van der Waals surface area contributed by atoms with Gasteiger partial charge in [0, 0.05) is 37.9 Å². The lowest BCUT2D eigenvalue weighted by atomic mass is 10.1. The molecule has 3 rings (SSSR count). The number of carbonyl (C=O) groups excluding carboxylic acids is 1. The second kappa shape index (κ2) is 6.21. The Morgan fingerprint density at radius 2 is 1.73 bits per heavy atom. The van der Waals surface area contributed by atoms with Crippen LogP contribution in [0, 0.1) is 0 Å². The van der Waals surface area contributed by atoms with E-state index in [2.05, 4.69) is 10.3 Å². The number of halogens is 3. The second-order valence-corrected chi connectivity index (χ2v) is 6.20. The fourth-order valence-electron chi connectivity index (χ4n) is 2.31. The third kappa shape index (κ3) is 3.38. The Kier molecular flexibility index (Phi) is 4.30. The van der Waals surface area contributed by atoms with Crippen LogP contribution < -0.4 is 5.32 Å². The van der Waals surface area contributed by atoms with Crippen molar-refractivity contribution >= 4 is 57.3 Å². The number of amides is 1. The van der Waals surface area contributed by atoms with Crippen LogP contribution in [0.2, 0.25) is 15.1 Å². The number of anilines is 1. The first kappa shape index (κ1) is 15.2. The first-order valence-corrected chi connectivity index (χ1v) is 7.66. The van der Waals surface area contributed by atoms with E-state index in [1.54, 1.807) is 24.3 Å². The van der Waals surface area contributed by atoms with Crippen molar-refractivity contribution in [2.45, 2.75) is 6.42 Å². The molecule has 22 heavy (non-hydrogen) atoms. The zero-order chi connectivity index (χ0) is 15.7. The summed E-state index contributed by atoms with van der Waals surface area (Å²) in [4.78, 5) is 15.3.